The molecule has 1 spiro atoms. The van der Waals surface area contributed by atoms with Crippen LogP contribution in [0.2, 0.25) is 10.0 Å². The Morgan fingerprint density at radius 1 is 1.16 bits per heavy atom. The van der Waals surface area contributed by atoms with Crippen LogP contribution >= 0.6 is 23.2 Å². The second-order valence-electron chi connectivity index (χ2n) is 12.7. The number of amides is 2. The molecule has 2 aromatic carbocycles. The van der Waals surface area contributed by atoms with Crippen molar-refractivity contribution in [2.75, 3.05) is 6.54 Å². The molecule has 2 amide bonds. The number of carbonyl (C=O) groups is 2. The first-order valence-electron chi connectivity index (χ1n) is 16.3. The first-order valence-corrected chi connectivity index (χ1v) is 15.5. The van der Waals surface area contributed by atoms with Crippen molar-refractivity contribution in [1.29, 1.82) is 0 Å². The second kappa shape index (κ2) is 13.3. The van der Waals surface area contributed by atoms with Crippen LogP contribution in [0.1, 0.15) is 105 Å². The zero-order valence-corrected chi connectivity index (χ0v) is 26.8. The number of halogens is 2. The molecule has 1 heterocycles. The summed E-state index contributed by atoms with van der Waals surface area (Å²) in [6.45, 7) is 5.80. The number of amidine groups is 1. The van der Waals surface area contributed by atoms with Gasteiger partial charge in [0.1, 0.15) is 17.2 Å². The van der Waals surface area contributed by atoms with Crippen molar-refractivity contribution in [1.82, 2.24) is 10.2 Å². The Labute approximate surface area is 269 Å². The summed E-state index contributed by atoms with van der Waals surface area (Å²) in [6, 6.07) is 11.9. The van der Waals surface area contributed by atoms with E-state index in [2.05, 4.69) is 24.3 Å². The van der Waals surface area contributed by atoms with Gasteiger partial charge in [0.2, 0.25) is 0 Å². The molecule has 1 fully saturated rings. The molecule has 232 valence electrons. The predicted molar refractivity (Wildman–Crippen MR) is 175 cm³/mol. The maximum absolute atomic E-state index is 14.6. The molecule has 0 aromatic heterocycles. The van der Waals surface area contributed by atoms with E-state index in [-0.39, 0.29) is 36.2 Å². The topological polar surface area (TPSA) is 126 Å². The summed E-state index contributed by atoms with van der Waals surface area (Å²) in [5.74, 6) is 5.03. The molecule has 8 nitrogen and oxygen atoms in total. The van der Waals surface area contributed by atoms with Crippen LogP contribution in [0.25, 0.3) is 0 Å². The van der Waals surface area contributed by atoms with Crippen LogP contribution in [0.3, 0.4) is 0 Å². The number of carbonyl (C=O) groups excluding carboxylic acids is 2. The molecular weight excluding hydrogens is 583 g/mol. The molecule has 1 aliphatic heterocycles. The number of hydrogen-bond acceptors (Lipinski definition) is 5. The number of rotatable bonds is 9. The van der Waals surface area contributed by atoms with Gasteiger partial charge in [-0.25, -0.2) is 0 Å². The van der Waals surface area contributed by atoms with Crippen LogP contribution in [-0.4, -0.2) is 40.5 Å². The van der Waals surface area contributed by atoms with Gasteiger partial charge in [-0.3, -0.25) is 14.6 Å². The fraction of sp³-hybridized carbons (Fsp3) is 0.515. The van der Waals surface area contributed by atoms with E-state index in [4.69, 9.17) is 43.9 Å². The normalized spacial score (nSPS) is 23.1. The third-order valence-electron chi connectivity index (χ3n) is 8.62. The van der Waals surface area contributed by atoms with Gasteiger partial charge in [0.05, 0.1) is 12.6 Å². The second-order valence-corrected chi connectivity index (χ2v) is 13.6. The summed E-state index contributed by atoms with van der Waals surface area (Å²) in [5.41, 5.74) is 5.99. The highest BCUT2D eigenvalue weighted by molar-refractivity contribution is 6.47. The van der Waals surface area contributed by atoms with Crippen molar-refractivity contribution in [2.45, 2.75) is 84.8 Å². The van der Waals surface area contributed by atoms with Crippen molar-refractivity contribution < 1.29 is 13.7 Å². The minimum Gasteiger partial charge on any atom is -0.384 e. The number of nitrogens with zero attached hydrogens (tertiary/aromatic N) is 3. The molecule has 43 heavy (non-hydrogen) atoms. The van der Waals surface area contributed by atoms with Crippen molar-refractivity contribution in [2.24, 2.45) is 38.9 Å². The van der Waals surface area contributed by atoms with Crippen LogP contribution in [0.4, 0.5) is 0 Å². The Balaban J connectivity index is 1.75. The van der Waals surface area contributed by atoms with Gasteiger partial charge in [-0.15, -0.1) is 0 Å². The highest BCUT2D eigenvalue weighted by Gasteiger charge is 2.52. The van der Waals surface area contributed by atoms with Crippen LogP contribution in [0, 0.1) is 17.3 Å². The highest BCUT2D eigenvalue weighted by atomic mass is 35.5. The van der Waals surface area contributed by atoms with Gasteiger partial charge in [0.15, 0.2) is 0 Å². The SMILES string of the molecule is [2H]C([2H])([2H])C(C)(C)C1CCC2(CC1)N=C(c1cc(Cl)cc(Cl)c1)C(=O)N2[C@H](CCC(C)C)c1ccc(C(=O)NC/C(N)=N/N)cc1. The molecule has 0 bridgehead atoms. The zero-order chi connectivity index (χ0) is 34.0. The Morgan fingerprint density at radius 3 is 2.35 bits per heavy atom. The summed E-state index contributed by atoms with van der Waals surface area (Å²) in [4.78, 5) is 34.4. The van der Waals surface area contributed by atoms with Crippen molar-refractivity contribution >= 4 is 46.6 Å². The average molecular weight is 631 g/mol. The lowest BCUT2D eigenvalue weighted by Crippen LogP contribution is -2.51. The Morgan fingerprint density at radius 2 is 1.79 bits per heavy atom. The van der Waals surface area contributed by atoms with E-state index < -0.39 is 17.9 Å². The van der Waals surface area contributed by atoms with Crippen molar-refractivity contribution in [3.63, 3.8) is 0 Å². The first kappa shape index (κ1) is 28.7. The lowest BCUT2D eigenvalue weighted by Gasteiger charge is -2.47. The molecule has 1 saturated carbocycles. The zero-order valence-electron chi connectivity index (χ0n) is 28.3. The third kappa shape index (κ3) is 7.52. The lowest BCUT2D eigenvalue weighted by molar-refractivity contribution is -0.133. The smallest absolute Gasteiger partial charge is 0.275 e. The van der Waals surface area contributed by atoms with E-state index in [0.717, 1.165) is 12.0 Å². The lowest BCUT2D eigenvalue weighted by atomic mass is 9.69. The molecular formula is C33H44Cl2N6O2. The fourth-order valence-electron chi connectivity index (χ4n) is 6.19. The molecule has 0 unspecified atom stereocenters. The van der Waals surface area contributed by atoms with Crippen LogP contribution in [-0.2, 0) is 4.79 Å². The van der Waals surface area contributed by atoms with Crippen LogP contribution in [0.5, 0.6) is 0 Å². The van der Waals surface area contributed by atoms with E-state index >= 15 is 0 Å². The van der Waals surface area contributed by atoms with Crippen LogP contribution < -0.4 is 16.9 Å². The molecule has 4 rings (SSSR count). The Kier molecular flexibility index (Phi) is 8.84. The van der Waals surface area contributed by atoms with Gasteiger partial charge < -0.3 is 21.8 Å². The molecule has 1 aliphatic carbocycles. The molecule has 1 atom stereocenters. The van der Waals surface area contributed by atoms with E-state index in [1.54, 1.807) is 30.3 Å². The number of hydrazone groups is 1. The largest absolute Gasteiger partial charge is 0.384 e. The van der Waals surface area contributed by atoms with E-state index in [9.17, 15) is 9.59 Å². The van der Waals surface area contributed by atoms with Gasteiger partial charge in [-0.1, -0.05) is 69.9 Å². The minimum absolute atomic E-state index is 0.0199. The van der Waals surface area contributed by atoms with Crippen LogP contribution in [0.15, 0.2) is 52.6 Å². The number of nitrogens with two attached hydrogens (primary N) is 2. The summed E-state index contributed by atoms with van der Waals surface area (Å²) in [5, 5.41) is 6.87. The quantitative estimate of drug-likeness (QED) is 0.123. The summed E-state index contributed by atoms with van der Waals surface area (Å²) < 4.78 is 24.5. The van der Waals surface area contributed by atoms with Gasteiger partial charge in [-0.2, -0.15) is 5.10 Å². The van der Waals surface area contributed by atoms with Gasteiger partial charge in [0.25, 0.3) is 11.8 Å². The molecule has 10 heteroatoms. The summed E-state index contributed by atoms with van der Waals surface area (Å²) >= 11 is 12.7. The number of benzene rings is 2. The van der Waals surface area contributed by atoms with Gasteiger partial charge in [0, 0.05) is 25.3 Å². The standard InChI is InChI=1S/C33H44Cl2N6O2/c1-20(2)6-11-27(21-7-9-22(10-8-21)30(42)38-19-28(36)40-37)41-31(43)29(23-16-25(34)18-26(35)17-23)39-33(41)14-12-24(13-15-33)32(3,4)5/h7-10,16-18,20,24,27H,6,11-15,19,37H2,1-5H3,(H2,36,40)(H,38,42)/t24?,27-,33?/m1/s1/i3D3. The van der Waals surface area contributed by atoms with Gasteiger partial charge in [-0.05, 0) is 91.7 Å². The summed E-state index contributed by atoms with van der Waals surface area (Å²) in [7, 11) is 0. The van der Waals surface area contributed by atoms with E-state index in [1.165, 1.54) is 0 Å². The molecule has 0 saturated heterocycles. The van der Waals surface area contributed by atoms with Crippen molar-refractivity contribution in [3.05, 3.63) is 69.2 Å². The monoisotopic (exact) mass is 629 g/mol. The molecule has 2 aliphatic rings. The first-order chi connectivity index (χ1) is 21.5. The Bertz CT molecular complexity index is 1480. The van der Waals surface area contributed by atoms with E-state index in [0.29, 0.717) is 64.9 Å². The number of aliphatic imine (C=N–C) groups is 1. The average Bonchev–Trinajstić information content (AvgIpc) is 3.26. The minimum atomic E-state index is -2.12. The number of nitrogens with one attached hydrogen (secondary N) is 1. The number of hydrogen-bond donors (Lipinski definition) is 3. The maximum atomic E-state index is 14.6. The molecule has 2 aromatic rings. The molecule has 0 radical (unpaired) electrons. The fourth-order valence-corrected chi connectivity index (χ4v) is 6.71. The third-order valence-corrected chi connectivity index (χ3v) is 9.05. The molecule has 5 N–H and O–H groups in total. The Hall–Kier alpha value is -3.10. The van der Waals surface area contributed by atoms with Crippen molar-refractivity contribution in [3.8, 4) is 0 Å². The predicted octanol–water partition coefficient (Wildman–Crippen LogP) is 6.70. The van der Waals surface area contributed by atoms with Gasteiger partial charge >= 0.3 is 0 Å². The van der Waals surface area contributed by atoms with E-state index in [1.807, 2.05) is 30.9 Å². The summed E-state index contributed by atoms with van der Waals surface area (Å²) in [6.07, 6.45) is 3.76. The maximum Gasteiger partial charge on any atom is 0.275 e. The highest BCUT2D eigenvalue weighted by Crippen LogP contribution is 2.50.